The maximum absolute atomic E-state index is 12.6. The highest BCUT2D eigenvalue weighted by Crippen LogP contribution is 2.21. The summed E-state index contributed by atoms with van der Waals surface area (Å²) in [6.07, 6.45) is 3.28. The van der Waals surface area contributed by atoms with Gasteiger partial charge < -0.3 is 9.80 Å². The zero-order valence-electron chi connectivity index (χ0n) is 12.4. The van der Waals surface area contributed by atoms with E-state index in [1.807, 2.05) is 49.3 Å². The van der Waals surface area contributed by atoms with Gasteiger partial charge in [-0.15, -0.1) is 0 Å². The average molecular weight is 304 g/mol. The summed E-state index contributed by atoms with van der Waals surface area (Å²) >= 11 is 6.14. The Bertz CT molecular complexity index is 643. The van der Waals surface area contributed by atoms with Gasteiger partial charge in [0.25, 0.3) is 5.91 Å². The van der Waals surface area contributed by atoms with E-state index in [0.717, 1.165) is 11.3 Å². The van der Waals surface area contributed by atoms with Crippen LogP contribution in [0.2, 0.25) is 5.02 Å². The van der Waals surface area contributed by atoms with Crippen molar-refractivity contribution in [2.45, 2.75) is 6.54 Å². The van der Waals surface area contributed by atoms with Gasteiger partial charge in [-0.25, -0.2) is 0 Å². The van der Waals surface area contributed by atoms with Crippen LogP contribution in [-0.2, 0) is 6.54 Å². The summed E-state index contributed by atoms with van der Waals surface area (Å²) in [6.45, 7) is 0.459. The van der Waals surface area contributed by atoms with Crippen LogP contribution in [0.4, 0.5) is 5.69 Å². The van der Waals surface area contributed by atoms with E-state index in [1.165, 1.54) is 0 Å². The Labute approximate surface area is 130 Å². The van der Waals surface area contributed by atoms with Crippen LogP contribution < -0.4 is 4.90 Å². The third kappa shape index (κ3) is 3.52. The number of nitrogens with zero attached hydrogens (tertiary/aromatic N) is 3. The van der Waals surface area contributed by atoms with Crippen LogP contribution in [0.5, 0.6) is 0 Å². The maximum atomic E-state index is 12.6. The van der Waals surface area contributed by atoms with E-state index in [0.29, 0.717) is 17.1 Å². The Hall–Kier alpha value is -2.07. The van der Waals surface area contributed by atoms with Gasteiger partial charge in [0.15, 0.2) is 0 Å². The van der Waals surface area contributed by atoms with E-state index in [9.17, 15) is 4.79 Å². The summed E-state index contributed by atoms with van der Waals surface area (Å²) in [6, 6.07) is 9.36. The van der Waals surface area contributed by atoms with Crippen LogP contribution in [0.3, 0.4) is 0 Å². The molecule has 2 rings (SSSR count). The van der Waals surface area contributed by atoms with Crippen molar-refractivity contribution in [3.8, 4) is 0 Å². The summed E-state index contributed by atoms with van der Waals surface area (Å²) in [5.41, 5.74) is 2.35. The van der Waals surface area contributed by atoms with Gasteiger partial charge >= 0.3 is 0 Å². The first-order chi connectivity index (χ1) is 10.0. The van der Waals surface area contributed by atoms with Gasteiger partial charge in [0.05, 0.1) is 11.3 Å². The second-order valence-corrected chi connectivity index (χ2v) is 5.45. The number of hydrogen-bond acceptors (Lipinski definition) is 3. The first-order valence-electron chi connectivity index (χ1n) is 6.61. The Morgan fingerprint density at radius 2 is 1.90 bits per heavy atom. The second-order valence-electron chi connectivity index (χ2n) is 5.04. The molecule has 0 aliphatic carbocycles. The minimum Gasteiger partial charge on any atom is -0.377 e. The van der Waals surface area contributed by atoms with Crippen molar-refractivity contribution in [2.24, 2.45) is 0 Å². The normalized spacial score (nSPS) is 10.3. The number of carbonyl (C=O) groups is 1. The topological polar surface area (TPSA) is 36.4 Å². The molecule has 0 bridgehead atoms. The predicted molar refractivity (Wildman–Crippen MR) is 85.8 cm³/mol. The molecule has 0 saturated heterocycles. The first kappa shape index (κ1) is 15.3. The van der Waals surface area contributed by atoms with E-state index < -0.39 is 0 Å². The van der Waals surface area contributed by atoms with Gasteiger partial charge in [-0.2, -0.15) is 0 Å². The fourth-order valence-electron chi connectivity index (χ4n) is 2.10. The van der Waals surface area contributed by atoms with Crippen molar-refractivity contribution < 1.29 is 4.79 Å². The molecule has 110 valence electrons. The summed E-state index contributed by atoms with van der Waals surface area (Å²) in [7, 11) is 5.57. The molecular weight excluding hydrogens is 286 g/mol. The molecule has 0 radical (unpaired) electrons. The molecule has 0 fully saturated rings. The smallest absolute Gasteiger partial charge is 0.257 e. The van der Waals surface area contributed by atoms with Crippen molar-refractivity contribution in [2.75, 3.05) is 26.0 Å². The van der Waals surface area contributed by atoms with Crippen LogP contribution in [0.1, 0.15) is 15.9 Å². The number of rotatable bonds is 4. The number of anilines is 1. The molecule has 0 saturated carbocycles. The number of halogens is 1. The SMILES string of the molecule is CN(Cc1ccccc1Cl)C(=O)c1cnccc1N(C)C. The first-order valence-corrected chi connectivity index (χ1v) is 6.98. The van der Waals surface area contributed by atoms with Crippen LogP contribution in [-0.4, -0.2) is 36.9 Å². The zero-order valence-corrected chi connectivity index (χ0v) is 13.1. The summed E-state index contributed by atoms with van der Waals surface area (Å²) in [4.78, 5) is 20.2. The standard InChI is InChI=1S/C16H18ClN3O/c1-19(2)15-8-9-18-10-13(15)16(21)20(3)11-12-6-4-5-7-14(12)17/h4-10H,11H2,1-3H3. The van der Waals surface area contributed by atoms with Gasteiger partial charge in [0.1, 0.15) is 0 Å². The molecule has 1 amide bonds. The van der Waals surface area contributed by atoms with Gasteiger partial charge in [0, 0.05) is 45.1 Å². The molecule has 0 unspecified atom stereocenters. The molecule has 21 heavy (non-hydrogen) atoms. The molecule has 5 heteroatoms. The Morgan fingerprint density at radius 3 is 2.57 bits per heavy atom. The van der Waals surface area contributed by atoms with E-state index in [1.54, 1.807) is 24.3 Å². The van der Waals surface area contributed by atoms with Gasteiger partial charge in [-0.3, -0.25) is 9.78 Å². The Balaban J connectivity index is 2.22. The molecule has 0 atom stereocenters. The van der Waals surface area contributed by atoms with Crippen molar-refractivity contribution in [3.05, 3.63) is 58.9 Å². The number of pyridine rings is 1. The largest absolute Gasteiger partial charge is 0.377 e. The summed E-state index contributed by atoms with van der Waals surface area (Å²) in [5, 5.41) is 0.663. The molecule has 1 aromatic heterocycles. The molecule has 0 aliphatic heterocycles. The predicted octanol–water partition coefficient (Wildman–Crippen LogP) is 3.07. The lowest BCUT2D eigenvalue weighted by Crippen LogP contribution is -2.28. The number of carbonyl (C=O) groups excluding carboxylic acids is 1. The Morgan fingerprint density at radius 1 is 1.19 bits per heavy atom. The molecular formula is C16H18ClN3O. The minimum absolute atomic E-state index is 0.0771. The fraction of sp³-hybridized carbons (Fsp3) is 0.250. The lowest BCUT2D eigenvalue weighted by molar-refractivity contribution is 0.0785. The molecule has 2 aromatic rings. The van der Waals surface area contributed by atoms with E-state index in [-0.39, 0.29) is 5.91 Å². The van der Waals surface area contributed by atoms with Crippen LogP contribution >= 0.6 is 11.6 Å². The minimum atomic E-state index is -0.0771. The van der Waals surface area contributed by atoms with Gasteiger partial charge in [-0.1, -0.05) is 29.8 Å². The third-order valence-corrected chi connectivity index (χ3v) is 3.59. The number of amides is 1. The summed E-state index contributed by atoms with van der Waals surface area (Å²) in [5.74, 6) is -0.0771. The van der Waals surface area contributed by atoms with Crippen LogP contribution in [0.15, 0.2) is 42.7 Å². The second kappa shape index (κ2) is 6.59. The quantitative estimate of drug-likeness (QED) is 0.871. The average Bonchev–Trinajstić information content (AvgIpc) is 2.48. The van der Waals surface area contributed by atoms with Crippen LogP contribution in [0, 0.1) is 0 Å². The lowest BCUT2D eigenvalue weighted by Gasteiger charge is -2.22. The Kier molecular flexibility index (Phi) is 4.81. The maximum Gasteiger partial charge on any atom is 0.257 e. The number of hydrogen-bond donors (Lipinski definition) is 0. The molecule has 0 spiro atoms. The van der Waals surface area contributed by atoms with Crippen molar-refractivity contribution in [3.63, 3.8) is 0 Å². The highest BCUT2D eigenvalue weighted by molar-refractivity contribution is 6.31. The molecule has 1 aromatic carbocycles. The van der Waals surface area contributed by atoms with Crippen molar-refractivity contribution >= 4 is 23.2 Å². The van der Waals surface area contributed by atoms with Crippen molar-refractivity contribution in [1.29, 1.82) is 0 Å². The molecule has 4 nitrogen and oxygen atoms in total. The van der Waals surface area contributed by atoms with Crippen molar-refractivity contribution in [1.82, 2.24) is 9.88 Å². The number of aromatic nitrogens is 1. The van der Waals surface area contributed by atoms with E-state index in [2.05, 4.69) is 4.98 Å². The van der Waals surface area contributed by atoms with Crippen LogP contribution in [0.25, 0.3) is 0 Å². The molecule has 0 aliphatic rings. The van der Waals surface area contributed by atoms with E-state index >= 15 is 0 Å². The van der Waals surface area contributed by atoms with Gasteiger partial charge in [0.2, 0.25) is 0 Å². The lowest BCUT2D eigenvalue weighted by atomic mass is 10.1. The third-order valence-electron chi connectivity index (χ3n) is 3.22. The highest BCUT2D eigenvalue weighted by atomic mass is 35.5. The summed E-state index contributed by atoms with van der Waals surface area (Å²) < 4.78 is 0. The number of benzene rings is 1. The fourth-order valence-corrected chi connectivity index (χ4v) is 2.30. The van der Waals surface area contributed by atoms with E-state index in [4.69, 9.17) is 11.6 Å². The van der Waals surface area contributed by atoms with Gasteiger partial charge in [-0.05, 0) is 17.7 Å². The molecule has 0 N–H and O–H groups in total. The molecule has 1 heterocycles. The zero-order chi connectivity index (χ0) is 15.4. The monoisotopic (exact) mass is 303 g/mol. The highest BCUT2D eigenvalue weighted by Gasteiger charge is 2.17.